The average Bonchev–Trinajstić information content (AvgIpc) is 2.68. The number of hydrogen-bond donors (Lipinski definition) is 1. The van der Waals surface area contributed by atoms with E-state index in [4.69, 9.17) is 4.74 Å². The highest BCUT2D eigenvalue weighted by molar-refractivity contribution is 5.91. The van der Waals surface area contributed by atoms with E-state index in [1.54, 1.807) is 0 Å². The first-order chi connectivity index (χ1) is 13.2. The van der Waals surface area contributed by atoms with Crippen molar-refractivity contribution in [1.82, 2.24) is 4.90 Å². The molecule has 0 atom stereocenters. The molecule has 4 heteroatoms. The van der Waals surface area contributed by atoms with Crippen LogP contribution in [0.1, 0.15) is 37.8 Å². The molecule has 2 aromatic carbocycles. The maximum atomic E-state index is 11.9. The molecule has 0 unspecified atom stereocenters. The highest BCUT2D eigenvalue weighted by Crippen LogP contribution is 2.09. The molecule has 0 bridgehead atoms. The van der Waals surface area contributed by atoms with Crippen molar-refractivity contribution in [2.24, 2.45) is 0 Å². The molecule has 1 N–H and O–H groups in total. The minimum absolute atomic E-state index is 0.0555. The lowest BCUT2D eigenvalue weighted by Gasteiger charge is -2.20. The molecule has 0 saturated carbocycles. The number of nitrogens with one attached hydrogen (secondary N) is 1. The van der Waals surface area contributed by atoms with Crippen LogP contribution in [0.2, 0.25) is 0 Å². The van der Waals surface area contributed by atoms with Gasteiger partial charge in [0.2, 0.25) is 5.91 Å². The second kappa shape index (κ2) is 12.3. The van der Waals surface area contributed by atoms with Gasteiger partial charge in [-0.15, -0.1) is 0 Å². The van der Waals surface area contributed by atoms with E-state index in [1.807, 2.05) is 30.3 Å². The Morgan fingerprint density at radius 1 is 0.926 bits per heavy atom. The van der Waals surface area contributed by atoms with E-state index < -0.39 is 0 Å². The van der Waals surface area contributed by atoms with Crippen molar-refractivity contribution in [3.05, 3.63) is 65.7 Å². The van der Waals surface area contributed by atoms with E-state index in [9.17, 15) is 4.79 Å². The predicted octanol–water partition coefficient (Wildman–Crippen LogP) is 4.51. The van der Waals surface area contributed by atoms with Crippen LogP contribution in [0, 0.1) is 0 Å². The topological polar surface area (TPSA) is 41.6 Å². The Balaban J connectivity index is 1.75. The van der Waals surface area contributed by atoms with Gasteiger partial charge in [0, 0.05) is 12.2 Å². The van der Waals surface area contributed by atoms with Gasteiger partial charge in [-0.25, -0.2) is 0 Å². The first kappa shape index (κ1) is 21.1. The van der Waals surface area contributed by atoms with Crippen molar-refractivity contribution in [2.75, 3.05) is 31.6 Å². The van der Waals surface area contributed by atoms with Gasteiger partial charge in [0.15, 0.2) is 0 Å². The fraction of sp³-hybridized carbons (Fsp3) is 0.435. The normalized spacial score (nSPS) is 10.9. The molecule has 146 valence electrons. The second-order valence-electron chi connectivity index (χ2n) is 6.82. The van der Waals surface area contributed by atoms with Gasteiger partial charge in [0.1, 0.15) is 6.61 Å². The van der Waals surface area contributed by atoms with Crippen LogP contribution in [0.25, 0.3) is 0 Å². The number of nitrogens with zero attached hydrogens (tertiary/aromatic N) is 1. The Kier molecular flexibility index (Phi) is 9.60. The lowest BCUT2D eigenvalue weighted by molar-refractivity contribution is -0.121. The Morgan fingerprint density at radius 2 is 1.63 bits per heavy atom. The molecule has 4 nitrogen and oxygen atoms in total. The summed E-state index contributed by atoms with van der Waals surface area (Å²) in [4.78, 5) is 14.5. The SMILES string of the molecule is CCCN(CCC)CCc1cccc(COCC(=O)Nc2ccccc2)c1. The number of benzene rings is 2. The highest BCUT2D eigenvalue weighted by Gasteiger charge is 2.05. The molecule has 2 rings (SSSR count). The van der Waals surface area contributed by atoms with E-state index in [0.717, 1.165) is 37.3 Å². The van der Waals surface area contributed by atoms with E-state index in [0.29, 0.717) is 6.61 Å². The lowest BCUT2D eigenvalue weighted by Crippen LogP contribution is -2.27. The number of rotatable bonds is 12. The zero-order valence-corrected chi connectivity index (χ0v) is 16.6. The largest absolute Gasteiger partial charge is 0.367 e. The van der Waals surface area contributed by atoms with Crippen molar-refractivity contribution >= 4 is 11.6 Å². The molecule has 0 saturated heterocycles. The first-order valence-corrected chi connectivity index (χ1v) is 9.94. The summed E-state index contributed by atoms with van der Waals surface area (Å²) in [6.45, 7) is 8.37. The number of anilines is 1. The standard InChI is InChI=1S/C23H32N2O2/c1-3-14-25(15-4-2)16-13-20-9-8-10-21(17-20)18-27-19-23(26)24-22-11-6-5-7-12-22/h5-12,17H,3-4,13-16,18-19H2,1-2H3,(H,24,26). The highest BCUT2D eigenvalue weighted by atomic mass is 16.5. The number of amides is 1. The maximum absolute atomic E-state index is 11.9. The summed E-state index contributed by atoms with van der Waals surface area (Å²) in [5.74, 6) is -0.132. The fourth-order valence-electron chi connectivity index (χ4n) is 3.11. The van der Waals surface area contributed by atoms with Crippen LogP contribution < -0.4 is 5.32 Å². The summed E-state index contributed by atoms with van der Waals surface area (Å²) < 4.78 is 5.59. The van der Waals surface area contributed by atoms with Crippen LogP contribution >= 0.6 is 0 Å². The molecule has 0 aliphatic rings. The minimum atomic E-state index is -0.132. The number of hydrogen-bond acceptors (Lipinski definition) is 3. The van der Waals surface area contributed by atoms with Gasteiger partial charge in [0.05, 0.1) is 6.61 Å². The maximum Gasteiger partial charge on any atom is 0.250 e. The Morgan fingerprint density at radius 3 is 2.33 bits per heavy atom. The van der Waals surface area contributed by atoms with Gasteiger partial charge in [-0.2, -0.15) is 0 Å². The molecule has 0 aromatic heterocycles. The zero-order valence-electron chi connectivity index (χ0n) is 16.6. The third-order valence-electron chi connectivity index (χ3n) is 4.35. The second-order valence-corrected chi connectivity index (χ2v) is 6.82. The fourth-order valence-corrected chi connectivity index (χ4v) is 3.11. The molecule has 0 aliphatic carbocycles. The number of ether oxygens (including phenoxy) is 1. The van der Waals surface area contributed by atoms with Gasteiger partial charge in [0.25, 0.3) is 0 Å². The summed E-state index contributed by atoms with van der Waals surface area (Å²) in [6, 6.07) is 17.9. The monoisotopic (exact) mass is 368 g/mol. The summed E-state index contributed by atoms with van der Waals surface area (Å²) in [6.07, 6.45) is 3.43. The molecular formula is C23H32N2O2. The lowest BCUT2D eigenvalue weighted by atomic mass is 10.1. The van der Waals surface area contributed by atoms with Crippen LogP contribution in [0.5, 0.6) is 0 Å². The molecular weight excluding hydrogens is 336 g/mol. The quantitative estimate of drug-likeness (QED) is 0.599. The van der Waals surface area contributed by atoms with Crippen LogP contribution in [0.3, 0.4) is 0 Å². The minimum Gasteiger partial charge on any atom is -0.367 e. The van der Waals surface area contributed by atoms with Crippen LogP contribution in [-0.4, -0.2) is 37.0 Å². The van der Waals surface area contributed by atoms with E-state index >= 15 is 0 Å². The third-order valence-corrected chi connectivity index (χ3v) is 4.35. The summed E-state index contributed by atoms with van der Waals surface area (Å²) in [5, 5.41) is 2.83. The molecule has 1 amide bonds. The van der Waals surface area contributed by atoms with Crippen molar-refractivity contribution in [3.8, 4) is 0 Å². The summed E-state index contributed by atoms with van der Waals surface area (Å²) in [5.41, 5.74) is 3.22. The van der Waals surface area contributed by atoms with Crippen molar-refractivity contribution in [3.63, 3.8) is 0 Å². The molecule has 0 heterocycles. The molecule has 27 heavy (non-hydrogen) atoms. The van der Waals surface area contributed by atoms with E-state index in [-0.39, 0.29) is 12.5 Å². The van der Waals surface area contributed by atoms with Crippen molar-refractivity contribution in [1.29, 1.82) is 0 Å². The molecule has 2 aromatic rings. The van der Waals surface area contributed by atoms with E-state index in [2.05, 4.69) is 48.3 Å². The van der Waals surface area contributed by atoms with E-state index in [1.165, 1.54) is 18.4 Å². The van der Waals surface area contributed by atoms with Gasteiger partial charge in [-0.1, -0.05) is 56.3 Å². The summed E-state index contributed by atoms with van der Waals surface area (Å²) in [7, 11) is 0. The van der Waals surface area contributed by atoms with Crippen molar-refractivity contribution in [2.45, 2.75) is 39.7 Å². The molecule has 0 radical (unpaired) electrons. The van der Waals surface area contributed by atoms with Crippen molar-refractivity contribution < 1.29 is 9.53 Å². The number of para-hydroxylation sites is 1. The molecule has 0 fully saturated rings. The number of carbonyl (C=O) groups is 1. The van der Waals surface area contributed by atoms with Crippen LogP contribution in [0.4, 0.5) is 5.69 Å². The van der Waals surface area contributed by atoms with Gasteiger partial charge >= 0.3 is 0 Å². The average molecular weight is 369 g/mol. The summed E-state index contributed by atoms with van der Waals surface area (Å²) >= 11 is 0. The molecule has 0 aliphatic heterocycles. The zero-order chi connectivity index (χ0) is 19.3. The third kappa shape index (κ3) is 8.37. The Labute approximate surface area is 163 Å². The van der Waals surface area contributed by atoms with Crippen LogP contribution in [0.15, 0.2) is 54.6 Å². The van der Waals surface area contributed by atoms with Crippen LogP contribution in [-0.2, 0) is 22.6 Å². The van der Waals surface area contributed by atoms with Gasteiger partial charge in [-0.3, -0.25) is 4.79 Å². The molecule has 0 spiro atoms. The van der Waals surface area contributed by atoms with Gasteiger partial charge < -0.3 is 15.0 Å². The smallest absolute Gasteiger partial charge is 0.250 e. The predicted molar refractivity (Wildman–Crippen MR) is 112 cm³/mol. The van der Waals surface area contributed by atoms with Gasteiger partial charge in [-0.05, 0) is 55.6 Å². The number of carbonyl (C=O) groups excluding carboxylic acids is 1. The Bertz CT molecular complexity index is 667. The first-order valence-electron chi connectivity index (χ1n) is 9.94. The Hall–Kier alpha value is -2.17.